The Morgan fingerprint density at radius 3 is 2.63 bits per heavy atom. The number of halogens is 1. The van der Waals surface area contributed by atoms with Crippen LogP contribution in [-0.2, 0) is 0 Å². The van der Waals surface area contributed by atoms with E-state index in [2.05, 4.69) is 10.3 Å². The second-order valence-electron chi connectivity index (χ2n) is 5.46. The Bertz CT molecular complexity index is 441. The van der Waals surface area contributed by atoms with Gasteiger partial charge in [0.05, 0.1) is 11.6 Å². The fourth-order valence-electron chi connectivity index (χ4n) is 1.44. The minimum Gasteiger partial charge on any atom is -0.487 e. The largest absolute Gasteiger partial charge is 0.487 e. The first-order chi connectivity index (χ1) is 8.78. The van der Waals surface area contributed by atoms with Crippen molar-refractivity contribution in [2.45, 2.75) is 39.3 Å². The third-order valence-corrected chi connectivity index (χ3v) is 2.50. The van der Waals surface area contributed by atoms with E-state index in [0.717, 1.165) is 0 Å². The summed E-state index contributed by atoms with van der Waals surface area (Å²) in [4.78, 5) is 4.25. The van der Waals surface area contributed by atoms with Gasteiger partial charge in [-0.1, -0.05) is 23.7 Å². The van der Waals surface area contributed by atoms with Gasteiger partial charge in [0.25, 0.3) is 0 Å². The van der Waals surface area contributed by atoms with Gasteiger partial charge in [-0.05, 0) is 39.8 Å². The van der Waals surface area contributed by atoms with Crippen molar-refractivity contribution >= 4 is 17.6 Å². The normalized spacial score (nSPS) is 14.1. The summed E-state index contributed by atoms with van der Waals surface area (Å²) in [5.41, 5.74) is 5.69. The maximum absolute atomic E-state index is 6.02. The SMILES string of the molecule is CC(CN=C(N)NC(C)(C)C)Oc1ccccc1Cl. The summed E-state index contributed by atoms with van der Waals surface area (Å²) in [6.07, 6.45) is -0.0970. The molecular weight excluding hydrogens is 262 g/mol. The lowest BCUT2D eigenvalue weighted by atomic mass is 10.1. The second-order valence-corrected chi connectivity index (χ2v) is 5.87. The zero-order chi connectivity index (χ0) is 14.5. The number of ether oxygens (including phenoxy) is 1. The summed E-state index contributed by atoms with van der Waals surface area (Å²) in [6.45, 7) is 8.48. The van der Waals surface area contributed by atoms with E-state index >= 15 is 0 Å². The molecule has 1 atom stereocenters. The van der Waals surface area contributed by atoms with Crippen LogP contribution in [-0.4, -0.2) is 24.1 Å². The van der Waals surface area contributed by atoms with Crippen LogP contribution in [0.1, 0.15) is 27.7 Å². The van der Waals surface area contributed by atoms with Gasteiger partial charge in [0.2, 0.25) is 0 Å². The molecule has 4 nitrogen and oxygen atoms in total. The van der Waals surface area contributed by atoms with Crippen molar-refractivity contribution < 1.29 is 4.74 Å². The minimum absolute atomic E-state index is 0.0968. The van der Waals surface area contributed by atoms with Crippen LogP contribution in [0.15, 0.2) is 29.3 Å². The molecule has 0 amide bonds. The number of benzene rings is 1. The topological polar surface area (TPSA) is 59.6 Å². The summed E-state index contributed by atoms with van der Waals surface area (Å²) in [5, 5.41) is 3.69. The van der Waals surface area contributed by atoms with Crippen molar-refractivity contribution in [1.82, 2.24) is 5.32 Å². The molecule has 1 aromatic carbocycles. The quantitative estimate of drug-likeness (QED) is 0.660. The first kappa shape index (κ1) is 15.6. The zero-order valence-electron chi connectivity index (χ0n) is 11.9. The van der Waals surface area contributed by atoms with Crippen molar-refractivity contribution in [3.63, 3.8) is 0 Å². The van der Waals surface area contributed by atoms with E-state index in [0.29, 0.717) is 23.3 Å². The van der Waals surface area contributed by atoms with Gasteiger partial charge in [0.1, 0.15) is 11.9 Å². The lowest BCUT2D eigenvalue weighted by Crippen LogP contribution is -2.45. The van der Waals surface area contributed by atoms with E-state index in [4.69, 9.17) is 22.1 Å². The molecule has 1 aromatic rings. The summed E-state index contributed by atoms with van der Waals surface area (Å²) in [6, 6.07) is 7.37. The number of nitrogens with one attached hydrogen (secondary N) is 1. The van der Waals surface area contributed by atoms with E-state index in [9.17, 15) is 0 Å². The van der Waals surface area contributed by atoms with E-state index in [1.165, 1.54) is 0 Å². The molecule has 0 bridgehead atoms. The molecule has 19 heavy (non-hydrogen) atoms. The summed E-state index contributed by atoms with van der Waals surface area (Å²) in [7, 11) is 0. The Balaban J connectivity index is 2.50. The first-order valence-corrected chi connectivity index (χ1v) is 6.65. The lowest BCUT2D eigenvalue weighted by Gasteiger charge is -2.21. The molecule has 106 valence electrons. The number of para-hydroxylation sites is 1. The maximum Gasteiger partial charge on any atom is 0.189 e. The Morgan fingerprint density at radius 1 is 1.42 bits per heavy atom. The molecule has 3 N–H and O–H groups in total. The second kappa shape index (κ2) is 6.66. The molecule has 0 heterocycles. The monoisotopic (exact) mass is 283 g/mol. The number of rotatable bonds is 4. The molecular formula is C14H22ClN3O. The highest BCUT2D eigenvalue weighted by Gasteiger charge is 2.11. The molecule has 1 unspecified atom stereocenters. The molecule has 0 spiro atoms. The molecule has 1 rings (SSSR count). The van der Waals surface area contributed by atoms with E-state index < -0.39 is 0 Å². The van der Waals surface area contributed by atoms with Crippen LogP contribution in [0.3, 0.4) is 0 Å². The Morgan fingerprint density at radius 2 is 2.05 bits per heavy atom. The van der Waals surface area contributed by atoms with E-state index in [-0.39, 0.29) is 11.6 Å². The van der Waals surface area contributed by atoms with E-state index in [1.807, 2.05) is 45.9 Å². The number of aliphatic imine (C=N–C) groups is 1. The Kier molecular flexibility index (Phi) is 5.48. The highest BCUT2D eigenvalue weighted by Crippen LogP contribution is 2.24. The average Bonchev–Trinajstić information content (AvgIpc) is 2.27. The van der Waals surface area contributed by atoms with Crippen LogP contribution in [0.2, 0.25) is 5.02 Å². The highest BCUT2D eigenvalue weighted by atomic mass is 35.5. The van der Waals surface area contributed by atoms with Crippen molar-refractivity contribution in [2.24, 2.45) is 10.7 Å². The summed E-state index contributed by atoms with van der Waals surface area (Å²) in [5.74, 6) is 1.08. The summed E-state index contributed by atoms with van der Waals surface area (Å²) >= 11 is 6.02. The smallest absolute Gasteiger partial charge is 0.189 e. The Hall–Kier alpha value is -1.42. The van der Waals surface area contributed by atoms with Gasteiger partial charge >= 0.3 is 0 Å². The van der Waals surface area contributed by atoms with Crippen LogP contribution < -0.4 is 15.8 Å². The van der Waals surface area contributed by atoms with Gasteiger partial charge < -0.3 is 15.8 Å². The average molecular weight is 284 g/mol. The van der Waals surface area contributed by atoms with Crippen molar-refractivity contribution in [3.05, 3.63) is 29.3 Å². The number of hydrogen-bond donors (Lipinski definition) is 2. The fraction of sp³-hybridized carbons (Fsp3) is 0.500. The van der Waals surface area contributed by atoms with Gasteiger partial charge in [-0.2, -0.15) is 0 Å². The van der Waals surface area contributed by atoms with Crippen LogP contribution in [0.4, 0.5) is 0 Å². The van der Waals surface area contributed by atoms with Gasteiger partial charge in [0, 0.05) is 5.54 Å². The predicted molar refractivity (Wildman–Crippen MR) is 80.9 cm³/mol. The fourth-order valence-corrected chi connectivity index (χ4v) is 1.63. The minimum atomic E-state index is -0.0970. The van der Waals surface area contributed by atoms with Crippen molar-refractivity contribution in [1.29, 1.82) is 0 Å². The van der Waals surface area contributed by atoms with Crippen LogP contribution in [0.25, 0.3) is 0 Å². The molecule has 0 aliphatic carbocycles. The molecule has 0 aromatic heterocycles. The highest BCUT2D eigenvalue weighted by molar-refractivity contribution is 6.32. The van der Waals surface area contributed by atoms with Gasteiger partial charge in [-0.15, -0.1) is 0 Å². The first-order valence-electron chi connectivity index (χ1n) is 6.27. The molecule has 0 aliphatic heterocycles. The van der Waals surface area contributed by atoms with E-state index in [1.54, 1.807) is 6.07 Å². The number of nitrogens with zero attached hydrogens (tertiary/aromatic N) is 1. The van der Waals surface area contributed by atoms with Crippen LogP contribution in [0, 0.1) is 0 Å². The number of nitrogens with two attached hydrogens (primary N) is 1. The molecule has 0 aliphatic rings. The van der Waals surface area contributed by atoms with Crippen molar-refractivity contribution in [3.8, 4) is 5.75 Å². The predicted octanol–water partition coefficient (Wildman–Crippen LogP) is 2.81. The molecule has 0 saturated heterocycles. The summed E-state index contributed by atoms with van der Waals surface area (Å²) < 4.78 is 5.70. The number of guanidine groups is 1. The van der Waals surface area contributed by atoms with Crippen LogP contribution in [0.5, 0.6) is 5.75 Å². The standard InChI is InChI=1S/C14H22ClN3O/c1-10(9-17-13(16)18-14(2,3)4)19-12-8-6-5-7-11(12)15/h5-8,10H,9H2,1-4H3,(H3,16,17,18). The Labute approximate surface area is 120 Å². The third kappa shape index (κ3) is 6.34. The maximum atomic E-state index is 6.02. The number of hydrogen-bond acceptors (Lipinski definition) is 2. The van der Waals surface area contributed by atoms with Crippen molar-refractivity contribution in [2.75, 3.05) is 6.54 Å². The zero-order valence-corrected chi connectivity index (χ0v) is 12.7. The van der Waals surface area contributed by atoms with Gasteiger partial charge in [-0.25, -0.2) is 4.99 Å². The van der Waals surface area contributed by atoms with Gasteiger partial charge in [-0.3, -0.25) is 0 Å². The van der Waals surface area contributed by atoms with Crippen LogP contribution >= 0.6 is 11.6 Å². The molecule has 0 radical (unpaired) electrons. The molecule has 0 saturated carbocycles. The molecule has 0 fully saturated rings. The van der Waals surface area contributed by atoms with Gasteiger partial charge in [0.15, 0.2) is 5.96 Å². The lowest BCUT2D eigenvalue weighted by molar-refractivity contribution is 0.230. The third-order valence-electron chi connectivity index (χ3n) is 2.19. The molecule has 5 heteroatoms.